The lowest BCUT2D eigenvalue weighted by atomic mass is 9.99. The molecule has 1 rings (SSSR count). The molecule has 0 aromatic carbocycles. The van der Waals surface area contributed by atoms with Crippen LogP contribution < -0.4 is 0 Å². The molecule has 0 N–H and O–H groups in total. The molecule has 3 heteroatoms. The van der Waals surface area contributed by atoms with Gasteiger partial charge in [0.15, 0.2) is 0 Å². The Hall–Kier alpha value is -1.12. The van der Waals surface area contributed by atoms with Crippen LogP contribution in [0.1, 0.15) is 38.6 Å². The SMILES string of the molecule is CCC(=O)C(C)Cc1cc(C)nn1CC. The van der Waals surface area contributed by atoms with E-state index < -0.39 is 0 Å². The van der Waals surface area contributed by atoms with Crippen molar-refractivity contribution in [3.63, 3.8) is 0 Å². The van der Waals surface area contributed by atoms with Gasteiger partial charge in [-0.15, -0.1) is 0 Å². The minimum absolute atomic E-state index is 0.108. The summed E-state index contributed by atoms with van der Waals surface area (Å²) in [5.41, 5.74) is 2.20. The van der Waals surface area contributed by atoms with Crippen molar-refractivity contribution in [2.24, 2.45) is 5.92 Å². The summed E-state index contributed by atoms with van der Waals surface area (Å²) < 4.78 is 1.98. The molecule has 1 aromatic heterocycles. The second-order valence-electron chi connectivity index (χ2n) is 4.02. The lowest BCUT2D eigenvalue weighted by Crippen LogP contribution is -2.15. The van der Waals surface area contributed by atoms with Gasteiger partial charge >= 0.3 is 0 Å². The van der Waals surface area contributed by atoms with E-state index in [1.54, 1.807) is 0 Å². The zero-order valence-corrected chi connectivity index (χ0v) is 10.1. The van der Waals surface area contributed by atoms with Gasteiger partial charge in [0, 0.05) is 24.6 Å². The fourth-order valence-corrected chi connectivity index (χ4v) is 1.81. The molecule has 0 saturated carbocycles. The molecule has 0 fully saturated rings. The minimum Gasteiger partial charge on any atom is -0.299 e. The number of Topliss-reactive ketones (excluding diaryl/α,β-unsaturated/α-hetero) is 1. The average Bonchev–Trinajstić information content (AvgIpc) is 2.57. The predicted octanol–water partition coefficient (Wildman–Crippen LogP) is 2.37. The summed E-state index contributed by atoms with van der Waals surface area (Å²) in [6, 6.07) is 2.07. The first kappa shape index (κ1) is 12.0. The molecule has 0 aliphatic rings. The average molecular weight is 208 g/mol. The van der Waals surface area contributed by atoms with E-state index in [0.717, 1.165) is 18.7 Å². The van der Waals surface area contributed by atoms with E-state index in [1.807, 2.05) is 25.5 Å². The molecule has 0 bridgehead atoms. The lowest BCUT2D eigenvalue weighted by Gasteiger charge is -2.09. The van der Waals surface area contributed by atoms with Crippen molar-refractivity contribution in [3.8, 4) is 0 Å². The Kier molecular flexibility index (Phi) is 4.06. The minimum atomic E-state index is 0.108. The molecular formula is C12H20N2O. The Bertz CT molecular complexity index is 341. The summed E-state index contributed by atoms with van der Waals surface area (Å²) >= 11 is 0. The maximum atomic E-state index is 11.5. The molecule has 0 aliphatic carbocycles. The fourth-order valence-electron chi connectivity index (χ4n) is 1.81. The number of carbonyl (C=O) groups is 1. The van der Waals surface area contributed by atoms with Crippen LogP contribution in [-0.2, 0) is 17.8 Å². The molecule has 1 aromatic rings. The first-order chi connectivity index (χ1) is 7.08. The van der Waals surface area contributed by atoms with Crippen LogP contribution in [0, 0.1) is 12.8 Å². The maximum absolute atomic E-state index is 11.5. The monoisotopic (exact) mass is 208 g/mol. The zero-order valence-electron chi connectivity index (χ0n) is 10.1. The Balaban J connectivity index is 2.75. The zero-order chi connectivity index (χ0) is 11.4. The number of hydrogen-bond donors (Lipinski definition) is 0. The van der Waals surface area contributed by atoms with Crippen molar-refractivity contribution < 1.29 is 4.79 Å². The van der Waals surface area contributed by atoms with Gasteiger partial charge in [-0.25, -0.2) is 0 Å². The Morgan fingerprint density at radius 1 is 1.53 bits per heavy atom. The maximum Gasteiger partial charge on any atom is 0.135 e. The quantitative estimate of drug-likeness (QED) is 0.744. The number of aromatic nitrogens is 2. The third-order valence-corrected chi connectivity index (χ3v) is 2.70. The van der Waals surface area contributed by atoms with Gasteiger partial charge in [0.2, 0.25) is 0 Å². The molecule has 1 unspecified atom stereocenters. The number of nitrogens with zero attached hydrogens (tertiary/aromatic N) is 2. The highest BCUT2D eigenvalue weighted by atomic mass is 16.1. The van der Waals surface area contributed by atoms with Crippen LogP contribution in [0.2, 0.25) is 0 Å². The normalized spacial score (nSPS) is 12.8. The number of ketones is 1. The van der Waals surface area contributed by atoms with Gasteiger partial charge in [-0.1, -0.05) is 13.8 Å². The highest BCUT2D eigenvalue weighted by Gasteiger charge is 2.14. The molecule has 84 valence electrons. The molecule has 0 radical (unpaired) electrons. The van der Waals surface area contributed by atoms with Gasteiger partial charge in [-0.05, 0) is 26.3 Å². The molecule has 0 spiro atoms. The van der Waals surface area contributed by atoms with Gasteiger partial charge in [-0.2, -0.15) is 5.10 Å². The van der Waals surface area contributed by atoms with Crippen LogP contribution in [0.5, 0.6) is 0 Å². The largest absolute Gasteiger partial charge is 0.299 e. The molecule has 3 nitrogen and oxygen atoms in total. The first-order valence-electron chi connectivity index (χ1n) is 5.64. The van der Waals surface area contributed by atoms with Crippen LogP contribution in [0.4, 0.5) is 0 Å². The van der Waals surface area contributed by atoms with E-state index in [9.17, 15) is 4.79 Å². The van der Waals surface area contributed by atoms with E-state index in [2.05, 4.69) is 18.1 Å². The van der Waals surface area contributed by atoms with E-state index in [1.165, 1.54) is 5.69 Å². The molecular weight excluding hydrogens is 188 g/mol. The Morgan fingerprint density at radius 2 is 2.20 bits per heavy atom. The third-order valence-electron chi connectivity index (χ3n) is 2.70. The molecule has 15 heavy (non-hydrogen) atoms. The first-order valence-corrected chi connectivity index (χ1v) is 5.64. The van der Waals surface area contributed by atoms with Gasteiger partial charge in [0.1, 0.15) is 5.78 Å². The molecule has 0 saturated heterocycles. The second-order valence-corrected chi connectivity index (χ2v) is 4.02. The number of carbonyl (C=O) groups excluding carboxylic acids is 1. The van der Waals surface area contributed by atoms with E-state index in [4.69, 9.17) is 0 Å². The summed E-state index contributed by atoms with van der Waals surface area (Å²) in [4.78, 5) is 11.5. The molecule has 0 amide bonds. The highest BCUT2D eigenvalue weighted by Crippen LogP contribution is 2.12. The van der Waals surface area contributed by atoms with Crippen molar-refractivity contribution in [2.75, 3.05) is 0 Å². The molecule has 1 atom stereocenters. The van der Waals surface area contributed by atoms with Crippen molar-refractivity contribution >= 4 is 5.78 Å². The van der Waals surface area contributed by atoms with E-state index >= 15 is 0 Å². The lowest BCUT2D eigenvalue weighted by molar-refractivity contribution is -0.122. The van der Waals surface area contributed by atoms with Crippen LogP contribution in [0.15, 0.2) is 6.07 Å². The van der Waals surface area contributed by atoms with Crippen molar-refractivity contribution in [3.05, 3.63) is 17.5 Å². The van der Waals surface area contributed by atoms with Crippen LogP contribution in [0.25, 0.3) is 0 Å². The smallest absolute Gasteiger partial charge is 0.135 e. The molecule has 0 aliphatic heterocycles. The number of hydrogen-bond acceptors (Lipinski definition) is 2. The van der Waals surface area contributed by atoms with Gasteiger partial charge in [-0.3, -0.25) is 9.48 Å². The second kappa shape index (κ2) is 5.10. The van der Waals surface area contributed by atoms with Gasteiger partial charge in [0.25, 0.3) is 0 Å². The standard InChI is InChI=1S/C12H20N2O/c1-5-12(15)9(3)7-11-8-10(4)13-14(11)6-2/h8-9H,5-7H2,1-4H3. The van der Waals surface area contributed by atoms with Crippen LogP contribution >= 0.6 is 0 Å². The van der Waals surface area contributed by atoms with Gasteiger partial charge < -0.3 is 0 Å². The Morgan fingerprint density at radius 3 is 2.73 bits per heavy atom. The third kappa shape index (κ3) is 2.91. The summed E-state index contributed by atoms with van der Waals surface area (Å²) in [5, 5.41) is 4.37. The number of aryl methyl sites for hydroxylation is 2. The molecule has 1 heterocycles. The van der Waals surface area contributed by atoms with Crippen molar-refractivity contribution in [2.45, 2.75) is 47.1 Å². The summed E-state index contributed by atoms with van der Waals surface area (Å²) in [6.45, 7) is 8.84. The number of rotatable bonds is 5. The summed E-state index contributed by atoms with van der Waals surface area (Å²) in [7, 11) is 0. The van der Waals surface area contributed by atoms with Crippen LogP contribution in [0.3, 0.4) is 0 Å². The van der Waals surface area contributed by atoms with Gasteiger partial charge in [0.05, 0.1) is 5.69 Å². The highest BCUT2D eigenvalue weighted by molar-refractivity contribution is 5.80. The summed E-state index contributed by atoms with van der Waals surface area (Å²) in [6.07, 6.45) is 1.43. The topological polar surface area (TPSA) is 34.9 Å². The fraction of sp³-hybridized carbons (Fsp3) is 0.667. The van der Waals surface area contributed by atoms with Crippen molar-refractivity contribution in [1.82, 2.24) is 9.78 Å². The van der Waals surface area contributed by atoms with E-state index in [-0.39, 0.29) is 5.92 Å². The Labute approximate surface area is 91.5 Å². The predicted molar refractivity (Wildman–Crippen MR) is 60.8 cm³/mol. The summed E-state index contributed by atoms with van der Waals surface area (Å²) in [5.74, 6) is 0.438. The van der Waals surface area contributed by atoms with E-state index in [0.29, 0.717) is 12.2 Å². The van der Waals surface area contributed by atoms with Crippen LogP contribution in [-0.4, -0.2) is 15.6 Å². The van der Waals surface area contributed by atoms with Crippen molar-refractivity contribution in [1.29, 1.82) is 0 Å².